The average molecular weight is 322 g/mol. The maximum atomic E-state index is 13.7. The van der Waals surface area contributed by atoms with Crippen LogP contribution in [-0.2, 0) is 6.54 Å². The molecule has 0 saturated heterocycles. The first-order valence-electron chi connectivity index (χ1n) is 6.04. The van der Waals surface area contributed by atoms with Gasteiger partial charge in [-0.15, -0.1) is 0 Å². The second-order valence-electron chi connectivity index (χ2n) is 4.24. The maximum Gasteiger partial charge on any atom is 0.144 e. The van der Waals surface area contributed by atoms with E-state index in [2.05, 4.69) is 21.2 Å². The van der Waals surface area contributed by atoms with Crippen molar-refractivity contribution in [2.45, 2.75) is 26.3 Å². The quantitative estimate of drug-likeness (QED) is 0.756. The molecule has 0 amide bonds. The van der Waals surface area contributed by atoms with Crippen molar-refractivity contribution < 1.29 is 13.9 Å². The Morgan fingerprint density at radius 3 is 2.72 bits per heavy atom. The molecule has 0 saturated carbocycles. The molecule has 2 nitrogen and oxygen atoms in total. The van der Waals surface area contributed by atoms with E-state index in [4.69, 9.17) is 5.11 Å². The van der Waals surface area contributed by atoms with E-state index in [-0.39, 0.29) is 23.2 Å². The van der Waals surface area contributed by atoms with Crippen LogP contribution in [0.25, 0.3) is 0 Å². The fourth-order valence-electron chi connectivity index (χ4n) is 1.77. The minimum Gasteiger partial charge on any atom is -0.396 e. The molecule has 0 aliphatic heterocycles. The summed E-state index contributed by atoms with van der Waals surface area (Å²) in [6.07, 6.45) is 1.63. The van der Waals surface area contributed by atoms with E-state index in [9.17, 15) is 8.78 Å². The lowest BCUT2D eigenvalue weighted by Gasteiger charge is -2.15. The van der Waals surface area contributed by atoms with Gasteiger partial charge in [-0.05, 0) is 46.9 Å². The van der Waals surface area contributed by atoms with E-state index in [0.717, 1.165) is 6.42 Å². The summed E-state index contributed by atoms with van der Waals surface area (Å²) in [5.74, 6) is -0.774. The van der Waals surface area contributed by atoms with Gasteiger partial charge in [-0.1, -0.05) is 13.3 Å². The van der Waals surface area contributed by atoms with E-state index < -0.39 is 11.6 Å². The first-order valence-corrected chi connectivity index (χ1v) is 6.83. The molecule has 0 bridgehead atoms. The van der Waals surface area contributed by atoms with Gasteiger partial charge in [-0.3, -0.25) is 0 Å². The monoisotopic (exact) mass is 321 g/mol. The molecule has 5 heteroatoms. The zero-order chi connectivity index (χ0) is 13.5. The highest BCUT2D eigenvalue weighted by Crippen LogP contribution is 2.21. The summed E-state index contributed by atoms with van der Waals surface area (Å²) in [6, 6.07) is 2.60. The molecule has 1 rings (SSSR count). The lowest BCUT2D eigenvalue weighted by molar-refractivity contribution is 0.251. The van der Waals surface area contributed by atoms with Crippen LogP contribution in [0.2, 0.25) is 0 Å². The third kappa shape index (κ3) is 4.30. The minimum atomic E-state index is -0.558. The van der Waals surface area contributed by atoms with E-state index in [1.165, 1.54) is 12.1 Å². The fraction of sp³-hybridized carbons (Fsp3) is 0.538. The summed E-state index contributed by atoms with van der Waals surface area (Å²) >= 11 is 3.04. The SMILES string of the molecule is CCC(CCO)CNCc1c(F)ccc(Br)c1F. The maximum absolute atomic E-state index is 13.7. The van der Waals surface area contributed by atoms with Gasteiger partial charge in [0.05, 0.1) is 4.47 Å². The van der Waals surface area contributed by atoms with Crippen LogP contribution >= 0.6 is 15.9 Å². The summed E-state index contributed by atoms with van der Waals surface area (Å²) in [6.45, 7) is 2.96. The molecule has 0 fully saturated rings. The van der Waals surface area contributed by atoms with Crippen LogP contribution in [0.4, 0.5) is 8.78 Å². The molecule has 0 aliphatic carbocycles. The molecule has 0 radical (unpaired) electrons. The summed E-state index contributed by atoms with van der Waals surface area (Å²) < 4.78 is 27.4. The summed E-state index contributed by atoms with van der Waals surface area (Å²) in [4.78, 5) is 0. The molecule has 1 aromatic rings. The van der Waals surface area contributed by atoms with Crippen molar-refractivity contribution in [3.05, 3.63) is 33.8 Å². The minimum absolute atomic E-state index is 0.0447. The third-order valence-electron chi connectivity index (χ3n) is 2.99. The number of halogens is 3. The largest absolute Gasteiger partial charge is 0.396 e. The van der Waals surface area contributed by atoms with Crippen LogP contribution < -0.4 is 5.32 Å². The van der Waals surface area contributed by atoms with Crippen molar-refractivity contribution in [1.82, 2.24) is 5.32 Å². The first-order chi connectivity index (χ1) is 8.60. The third-order valence-corrected chi connectivity index (χ3v) is 3.60. The van der Waals surface area contributed by atoms with Gasteiger partial charge in [-0.2, -0.15) is 0 Å². The Morgan fingerprint density at radius 1 is 1.39 bits per heavy atom. The lowest BCUT2D eigenvalue weighted by Crippen LogP contribution is -2.24. The molecule has 0 heterocycles. The first kappa shape index (κ1) is 15.5. The molecule has 2 N–H and O–H groups in total. The number of nitrogens with one attached hydrogen (secondary N) is 1. The van der Waals surface area contributed by atoms with Gasteiger partial charge in [0.1, 0.15) is 11.6 Å². The Balaban J connectivity index is 2.56. The number of aliphatic hydroxyl groups is 1. The highest BCUT2D eigenvalue weighted by molar-refractivity contribution is 9.10. The van der Waals surface area contributed by atoms with Crippen molar-refractivity contribution in [1.29, 1.82) is 0 Å². The normalized spacial score (nSPS) is 12.7. The van der Waals surface area contributed by atoms with Crippen molar-refractivity contribution in [3.63, 3.8) is 0 Å². The highest BCUT2D eigenvalue weighted by atomic mass is 79.9. The fourth-order valence-corrected chi connectivity index (χ4v) is 2.14. The van der Waals surface area contributed by atoms with E-state index >= 15 is 0 Å². The van der Waals surface area contributed by atoms with Crippen LogP contribution in [0.15, 0.2) is 16.6 Å². The van der Waals surface area contributed by atoms with Gasteiger partial charge in [0.2, 0.25) is 0 Å². The molecule has 0 aromatic heterocycles. The van der Waals surface area contributed by atoms with Gasteiger partial charge in [-0.25, -0.2) is 8.78 Å². The number of rotatable bonds is 7. The van der Waals surface area contributed by atoms with Crippen molar-refractivity contribution >= 4 is 15.9 Å². The molecular formula is C13H18BrF2NO. The van der Waals surface area contributed by atoms with Crippen LogP contribution in [-0.4, -0.2) is 18.3 Å². The van der Waals surface area contributed by atoms with Crippen LogP contribution in [0, 0.1) is 17.6 Å². The Hall–Kier alpha value is -0.520. The molecule has 1 aromatic carbocycles. The standard InChI is InChI=1S/C13H18BrF2NO/c1-2-9(5-6-18)7-17-8-10-12(15)4-3-11(14)13(10)16/h3-4,9,17-18H,2,5-8H2,1H3. The average Bonchev–Trinajstić information content (AvgIpc) is 2.37. The van der Waals surface area contributed by atoms with Crippen molar-refractivity contribution in [2.24, 2.45) is 5.92 Å². The van der Waals surface area contributed by atoms with E-state index in [1.54, 1.807) is 0 Å². The predicted octanol–water partition coefficient (Wildman–Crippen LogP) is 3.23. The Morgan fingerprint density at radius 2 is 2.11 bits per heavy atom. The molecule has 1 unspecified atom stereocenters. The second-order valence-corrected chi connectivity index (χ2v) is 5.09. The lowest BCUT2D eigenvalue weighted by atomic mass is 10.0. The summed E-state index contributed by atoms with van der Waals surface area (Å²) in [7, 11) is 0. The molecule has 0 spiro atoms. The molecule has 0 aliphatic rings. The van der Waals surface area contributed by atoms with Gasteiger partial charge in [0.25, 0.3) is 0 Å². The number of benzene rings is 1. The number of aliphatic hydroxyl groups excluding tert-OH is 1. The van der Waals surface area contributed by atoms with Crippen molar-refractivity contribution in [2.75, 3.05) is 13.2 Å². The molecular weight excluding hydrogens is 304 g/mol. The Labute approximate surface area is 115 Å². The van der Waals surface area contributed by atoms with Crippen LogP contribution in [0.5, 0.6) is 0 Å². The van der Waals surface area contributed by atoms with Gasteiger partial charge in [0.15, 0.2) is 0 Å². The zero-order valence-corrected chi connectivity index (χ0v) is 11.9. The number of hydrogen-bond acceptors (Lipinski definition) is 2. The number of hydrogen-bond donors (Lipinski definition) is 2. The second kappa shape index (κ2) is 7.81. The predicted molar refractivity (Wildman–Crippen MR) is 71.2 cm³/mol. The van der Waals surface area contributed by atoms with Gasteiger partial charge >= 0.3 is 0 Å². The van der Waals surface area contributed by atoms with Gasteiger partial charge < -0.3 is 10.4 Å². The van der Waals surface area contributed by atoms with Gasteiger partial charge in [0, 0.05) is 18.7 Å². The summed E-state index contributed by atoms with van der Waals surface area (Å²) in [5, 5.41) is 11.9. The smallest absolute Gasteiger partial charge is 0.144 e. The Bertz CT molecular complexity index is 387. The summed E-state index contributed by atoms with van der Waals surface area (Å²) in [5.41, 5.74) is 0.0447. The molecule has 1 atom stereocenters. The van der Waals surface area contributed by atoms with Crippen molar-refractivity contribution in [3.8, 4) is 0 Å². The zero-order valence-electron chi connectivity index (χ0n) is 10.3. The molecule has 18 heavy (non-hydrogen) atoms. The van der Waals surface area contributed by atoms with Crippen LogP contribution in [0.3, 0.4) is 0 Å². The van der Waals surface area contributed by atoms with E-state index in [1.807, 2.05) is 6.92 Å². The molecule has 102 valence electrons. The van der Waals surface area contributed by atoms with E-state index in [0.29, 0.717) is 18.9 Å². The van der Waals surface area contributed by atoms with Crippen LogP contribution in [0.1, 0.15) is 25.3 Å². The Kier molecular flexibility index (Phi) is 6.75. The topological polar surface area (TPSA) is 32.3 Å². The highest BCUT2D eigenvalue weighted by Gasteiger charge is 2.12.